The average Bonchev–Trinajstić information content (AvgIpc) is 3.22. The molecule has 6 rings (SSSR count). The molecule has 10 atom stereocenters. The summed E-state index contributed by atoms with van der Waals surface area (Å²) in [6, 6.07) is 40.0. The van der Waals surface area contributed by atoms with Crippen molar-refractivity contribution in [2.75, 3.05) is 13.2 Å². The highest BCUT2D eigenvalue weighted by Crippen LogP contribution is 2.36. The molecule has 2 saturated heterocycles. The highest BCUT2D eigenvalue weighted by atomic mass is 16.8. The van der Waals surface area contributed by atoms with Crippen LogP contribution in [0.5, 0.6) is 0 Å². The summed E-state index contributed by atoms with van der Waals surface area (Å²) < 4.78 is 53.1. The predicted molar refractivity (Wildman–Crippen MR) is 214 cm³/mol. The fourth-order valence-corrected chi connectivity index (χ4v) is 7.11. The first-order valence-corrected chi connectivity index (χ1v) is 19.9. The van der Waals surface area contributed by atoms with Gasteiger partial charge in [0.25, 0.3) is 0 Å². The van der Waals surface area contributed by atoms with E-state index in [4.69, 9.17) is 37.9 Å². The second-order valence-corrected chi connectivity index (χ2v) is 14.8. The van der Waals surface area contributed by atoms with Crippen LogP contribution in [-0.2, 0) is 64.3 Å². The van der Waals surface area contributed by atoms with Gasteiger partial charge in [-0.05, 0) is 42.5 Å². The van der Waals surface area contributed by atoms with Gasteiger partial charge in [0, 0.05) is 5.92 Å². The van der Waals surface area contributed by atoms with Crippen molar-refractivity contribution in [1.82, 2.24) is 0 Å². The van der Waals surface area contributed by atoms with E-state index in [-0.39, 0.29) is 12.7 Å². The molecule has 0 bridgehead atoms. The lowest BCUT2D eigenvalue weighted by atomic mass is 9.91. The van der Waals surface area contributed by atoms with Crippen molar-refractivity contribution in [2.45, 2.75) is 116 Å². The molecule has 4 aromatic rings. The predicted octanol–water partition coefficient (Wildman–Crippen LogP) is 8.18. The first kappa shape index (κ1) is 41.9. The molecule has 5 unspecified atom stereocenters. The van der Waals surface area contributed by atoms with Crippen molar-refractivity contribution >= 4 is 0 Å². The van der Waals surface area contributed by atoms with Crippen LogP contribution in [0.25, 0.3) is 0 Å². The number of benzene rings is 4. The number of aliphatic hydroxyl groups excluding tert-OH is 1. The third-order valence-electron chi connectivity index (χ3n) is 10.3. The summed E-state index contributed by atoms with van der Waals surface area (Å²) in [6.45, 7) is 10.0. The minimum absolute atomic E-state index is 0.133. The molecule has 2 aliphatic rings. The Labute approximate surface area is 332 Å². The Morgan fingerprint density at radius 2 is 1.04 bits per heavy atom. The summed E-state index contributed by atoms with van der Waals surface area (Å²) in [6.07, 6.45) is -3.47. The third-order valence-corrected chi connectivity index (χ3v) is 10.3. The fourth-order valence-electron chi connectivity index (χ4n) is 7.11. The molecule has 2 fully saturated rings. The number of hydrogen-bond acceptors (Lipinski definition) is 9. The number of aliphatic hydroxyl groups is 1. The second kappa shape index (κ2) is 21.7. The van der Waals surface area contributed by atoms with Gasteiger partial charge in [0.15, 0.2) is 12.6 Å². The second-order valence-electron chi connectivity index (χ2n) is 14.8. The van der Waals surface area contributed by atoms with Crippen LogP contribution in [0.3, 0.4) is 0 Å². The van der Waals surface area contributed by atoms with Crippen molar-refractivity contribution in [1.29, 1.82) is 0 Å². The highest BCUT2D eigenvalue weighted by Gasteiger charge is 2.52. The van der Waals surface area contributed by atoms with Gasteiger partial charge in [0.05, 0.1) is 51.8 Å². The fraction of sp³-hybridized carbons (Fsp3) is 0.447. The van der Waals surface area contributed by atoms with Gasteiger partial charge < -0.3 is 43.0 Å². The molecule has 2 heterocycles. The summed E-state index contributed by atoms with van der Waals surface area (Å²) in [5.74, 6) is -0.395. The quantitative estimate of drug-likeness (QED) is 0.0949. The molecule has 4 aromatic carbocycles. The molecule has 9 nitrogen and oxygen atoms in total. The van der Waals surface area contributed by atoms with Crippen LogP contribution in [-0.4, -0.2) is 73.6 Å². The van der Waals surface area contributed by atoms with Gasteiger partial charge in [-0.2, -0.15) is 0 Å². The highest BCUT2D eigenvalue weighted by molar-refractivity contribution is 5.16. The maximum atomic E-state index is 11.7. The van der Waals surface area contributed by atoms with Crippen LogP contribution < -0.4 is 0 Å². The van der Waals surface area contributed by atoms with E-state index in [9.17, 15) is 5.11 Å². The minimum Gasteiger partial charge on any atom is -0.388 e. The Morgan fingerprint density at radius 1 is 0.571 bits per heavy atom. The summed E-state index contributed by atoms with van der Waals surface area (Å²) in [5.41, 5.74) is 5.22. The number of hydrogen-bond donors (Lipinski definition) is 1. The van der Waals surface area contributed by atoms with Crippen molar-refractivity contribution in [3.8, 4) is 0 Å². The Bertz CT molecular complexity index is 1700. The van der Waals surface area contributed by atoms with E-state index in [2.05, 4.69) is 26.8 Å². The van der Waals surface area contributed by atoms with Gasteiger partial charge in [-0.25, -0.2) is 0 Å². The van der Waals surface area contributed by atoms with Crippen LogP contribution in [0, 0.1) is 5.92 Å². The molecule has 0 spiro atoms. The normalized spacial score (nSPS) is 27.8. The first-order valence-electron chi connectivity index (χ1n) is 19.9. The molecule has 2 aliphatic heterocycles. The molecular formula is C47H58O9. The van der Waals surface area contributed by atoms with Gasteiger partial charge in [-0.15, -0.1) is 0 Å². The lowest BCUT2D eigenvalue weighted by molar-refractivity contribution is -0.379. The number of allylic oxidation sites excluding steroid dienone is 1. The summed E-state index contributed by atoms with van der Waals surface area (Å²) in [4.78, 5) is 0. The smallest absolute Gasteiger partial charge is 0.189 e. The van der Waals surface area contributed by atoms with Gasteiger partial charge in [-0.3, -0.25) is 0 Å². The van der Waals surface area contributed by atoms with Crippen LogP contribution >= 0.6 is 0 Å². The molecule has 0 aromatic heterocycles. The van der Waals surface area contributed by atoms with Crippen LogP contribution in [0.15, 0.2) is 133 Å². The van der Waals surface area contributed by atoms with E-state index in [0.29, 0.717) is 39.5 Å². The van der Waals surface area contributed by atoms with Gasteiger partial charge in [0.2, 0.25) is 0 Å². The Kier molecular flexibility index (Phi) is 16.2. The molecular weight excluding hydrogens is 709 g/mol. The SMILES string of the molecule is CCC1O[C@H](O[C@H]2OC(COCc3ccccc3)[C@@H](O)C(OCc3ccccc3)C2C)C(OCc2ccccc2)[C@@H](OCc2ccccc2)[C@@H]1OCC=C(C)C. The lowest BCUT2D eigenvalue weighted by Crippen LogP contribution is -2.63. The van der Waals surface area contributed by atoms with Gasteiger partial charge in [0.1, 0.15) is 30.5 Å². The summed E-state index contributed by atoms with van der Waals surface area (Å²) >= 11 is 0. The van der Waals surface area contributed by atoms with E-state index in [1.807, 2.05) is 128 Å². The largest absolute Gasteiger partial charge is 0.388 e. The minimum atomic E-state index is -0.972. The zero-order valence-corrected chi connectivity index (χ0v) is 33.1. The molecule has 56 heavy (non-hydrogen) atoms. The number of ether oxygens (including phenoxy) is 8. The summed E-state index contributed by atoms with van der Waals surface area (Å²) in [5, 5.41) is 11.7. The van der Waals surface area contributed by atoms with E-state index >= 15 is 0 Å². The monoisotopic (exact) mass is 766 g/mol. The molecule has 9 heteroatoms. The van der Waals surface area contributed by atoms with E-state index < -0.39 is 55.1 Å². The zero-order chi connectivity index (χ0) is 39.1. The third kappa shape index (κ3) is 11.9. The average molecular weight is 767 g/mol. The number of rotatable bonds is 19. The van der Waals surface area contributed by atoms with Crippen molar-refractivity contribution < 1.29 is 43.0 Å². The van der Waals surface area contributed by atoms with Crippen LogP contribution in [0.2, 0.25) is 0 Å². The Balaban J connectivity index is 1.28. The van der Waals surface area contributed by atoms with E-state index in [1.165, 1.54) is 0 Å². The zero-order valence-electron chi connectivity index (χ0n) is 33.1. The van der Waals surface area contributed by atoms with E-state index in [0.717, 1.165) is 27.8 Å². The first-order chi connectivity index (χ1) is 27.4. The van der Waals surface area contributed by atoms with Gasteiger partial charge >= 0.3 is 0 Å². The van der Waals surface area contributed by atoms with Crippen molar-refractivity contribution in [3.05, 3.63) is 155 Å². The van der Waals surface area contributed by atoms with Crippen LogP contribution in [0.1, 0.15) is 56.4 Å². The lowest BCUT2D eigenvalue weighted by Gasteiger charge is -2.49. The summed E-state index contributed by atoms with van der Waals surface area (Å²) in [7, 11) is 0. The molecule has 1 N–H and O–H groups in total. The van der Waals surface area contributed by atoms with Crippen molar-refractivity contribution in [3.63, 3.8) is 0 Å². The topological polar surface area (TPSA) is 94.1 Å². The molecule has 0 amide bonds. The van der Waals surface area contributed by atoms with E-state index in [1.54, 1.807) is 0 Å². The Hall–Kier alpha value is -3.74. The molecule has 0 saturated carbocycles. The molecule has 0 radical (unpaired) electrons. The van der Waals surface area contributed by atoms with Crippen molar-refractivity contribution in [2.24, 2.45) is 5.92 Å². The molecule has 300 valence electrons. The Morgan fingerprint density at radius 3 is 1.54 bits per heavy atom. The van der Waals surface area contributed by atoms with Crippen LogP contribution in [0.4, 0.5) is 0 Å². The van der Waals surface area contributed by atoms with Gasteiger partial charge in [-0.1, -0.05) is 147 Å². The molecule has 0 aliphatic carbocycles. The standard InChI is InChI=1S/C47H58O9/c1-5-39-43(50-27-26-33(2)3)44(52-30-37-22-14-8-15-23-37)45(53-31-38-24-16-9-17-25-38)47(54-39)56-46-34(4)42(51-29-36-20-12-7-13-21-36)41(48)40(55-46)32-49-28-35-18-10-6-11-19-35/h6-26,34,39-48H,5,27-32H2,1-4H3/t34?,39?,40?,41-,42?,43-,44+,45?,46-,47-/m1/s1. The maximum absolute atomic E-state index is 11.7. The maximum Gasteiger partial charge on any atom is 0.189 e.